The minimum atomic E-state index is -0.151. The van der Waals surface area contributed by atoms with Crippen molar-refractivity contribution < 1.29 is 9.90 Å². The Morgan fingerprint density at radius 2 is 2.10 bits per heavy atom. The van der Waals surface area contributed by atoms with Gasteiger partial charge in [-0.3, -0.25) is 0 Å². The summed E-state index contributed by atoms with van der Waals surface area (Å²) in [5, 5.41) is 12.6. The molecule has 1 saturated carbocycles. The number of nitrogens with zero attached hydrogens (tertiary/aromatic N) is 1. The molecular weight excluding hydrogens is 299 g/mol. The maximum Gasteiger partial charge on any atom is 0.322 e. The fraction of sp³-hybridized carbons (Fsp3) is 0.500. The van der Waals surface area contributed by atoms with Crippen molar-refractivity contribution >= 4 is 34.9 Å². The number of hydrogen-bond acceptors (Lipinski definition) is 2. The molecule has 0 radical (unpaired) electrons. The Morgan fingerprint density at radius 3 is 2.65 bits per heavy atom. The number of benzene rings is 1. The molecule has 2 rings (SSSR count). The van der Waals surface area contributed by atoms with Crippen molar-refractivity contribution in [2.24, 2.45) is 0 Å². The van der Waals surface area contributed by atoms with Crippen LogP contribution in [0.4, 0.5) is 10.5 Å². The lowest BCUT2D eigenvalue weighted by atomic mass is 9.91. The maximum absolute atomic E-state index is 12.3. The summed E-state index contributed by atoms with van der Waals surface area (Å²) in [6.45, 7) is 0.650. The first-order valence-electron chi connectivity index (χ1n) is 6.75. The largest absolute Gasteiger partial charge is 0.396 e. The zero-order valence-electron chi connectivity index (χ0n) is 11.1. The lowest BCUT2D eigenvalue weighted by molar-refractivity contribution is 0.140. The summed E-state index contributed by atoms with van der Waals surface area (Å²) in [5.41, 5.74) is 0.623. The number of carbonyl (C=O) groups is 1. The molecule has 1 aromatic rings. The second-order valence-electron chi connectivity index (χ2n) is 4.91. The standard InChI is InChI=1S/C14H18Cl2N2O2/c15-12-6-5-10(9-13(12)16)17-14(20)18(7-2-8-19)11-3-1-4-11/h5-6,9,11,19H,1-4,7-8H2,(H,17,20). The van der Waals surface area contributed by atoms with Crippen LogP contribution in [0.25, 0.3) is 0 Å². The molecular formula is C14H18Cl2N2O2. The molecule has 0 heterocycles. The monoisotopic (exact) mass is 316 g/mol. The van der Waals surface area contributed by atoms with Crippen molar-refractivity contribution in [2.75, 3.05) is 18.5 Å². The van der Waals surface area contributed by atoms with Crippen LogP contribution in [0.2, 0.25) is 10.0 Å². The highest BCUT2D eigenvalue weighted by atomic mass is 35.5. The number of urea groups is 1. The van der Waals surface area contributed by atoms with Gasteiger partial charge in [0.2, 0.25) is 0 Å². The van der Waals surface area contributed by atoms with Gasteiger partial charge in [0.05, 0.1) is 10.0 Å². The molecule has 1 fully saturated rings. The lowest BCUT2D eigenvalue weighted by Crippen LogP contribution is -2.46. The molecule has 0 aromatic heterocycles. The fourth-order valence-electron chi connectivity index (χ4n) is 2.16. The molecule has 1 aliphatic rings. The Morgan fingerprint density at radius 1 is 1.35 bits per heavy atom. The molecule has 4 nitrogen and oxygen atoms in total. The highest BCUT2D eigenvalue weighted by Crippen LogP contribution is 2.27. The summed E-state index contributed by atoms with van der Waals surface area (Å²) in [6, 6.07) is 5.14. The summed E-state index contributed by atoms with van der Waals surface area (Å²) in [6.07, 6.45) is 3.80. The summed E-state index contributed by atoms with van der Waals surface area (Å²) >= 11 is 11.8. The molecule has 0 atom stereocenters. The first kappa shape index (κ1) is 15.4. The summed E-state index contributed by atoms with van der Waals surface area (Å²) in [4.78, 5) is 14.1. The highest BCUT2D eigenvalue weighted by molar-refractivity contribution is 6.42. The average molecular weight is 317 g/mol. The van der Waals surface area contributed by atoms with Crippen LogP contribution in [0, 0.1) is 0 Å². The summed E-state index contributed by atoms with van der Waals surface area (Å²) in [5.74, 6) is 0. The van der Waals surface area contributed by atoms with Gasteiger partial charge in [-0.15, -0.1) is 0 Å². The molecule has 110 valence electrons. The number of halogens is 2. The first-order chi connectivity index (χ1) is 9.61. The van der Waals surface area contributed by atoms with Crippen LogP contribution in [-0.4, -0.2) is 35.2 Å². The minimum absolute atomic E-state index is 0.0866. The van der Waals surface area contributed by atoms with Gasteiger partial charge in [0.1, 0.15) is 0 Å². The quantitative estimate of drug-likeness (QED) is 0.869. The Balaban J connectivity index is 2.01. The van der Waals surface area contributed by atoms with Crippen LogP contribution in [0.1, 0.15) is 25.7 Å². The van der Waals surface area contributed by atoms with Gasteiger partial charge in [-0.2, -0.15) is 0 Å². The highest BCUT2D eigenvalue weighted by Gasteiger charge is 2.28. The SMILES string of the molecule is O=C(Nc1ccc(Cl)c(Cl)c1)N(CCCO)C1CCC1. The summed E-state index contributed by atoms with van der Waals surface area (Å²) < 4.78 is 0. The smallest absolute Gasteiger partial charge is 0.322 e. The van der Waals surface area contributed by atoms with Gasteiger partial charge < -0.3 is 15.3 Å². The van der Waals surface area contributed by atoms with Crippen LogP contribution in [0.3, 0.4) is 0 Å². The Kier molecular flexibility index (Phi) is 5.52. The Hall–Kier alpha value is -0.970. The molecule has 0 unspecified atom stereocenters. The van der Waals surface area contributed by atoms with E-state index in [1.165, 1.54) is 0 Å². The molecule has 6 heteroatoms. The zero-order chi connectivity index (χ0) is 14.5. The van der Waals surface area contributed by atoms with Gasteiger partial charge >= 0.3 is 6.03 Å². The third-order valence-electron chi connectivity index (χ3n) is 3.50. The lowest BCUT2D eigenvalue weighted by Gasteiger charge is -2.37. The third-order valence-corrected chi connectivity index (χ3v) is 4.24. The Labute approximate surface area is 128 Å². The maximum atomic E-state index is 12.3. The number of amides is 2. The van der Waals surface area contributed by atoms with Crippen molar-refractivity contribution in [3.8, 4) is 0 Å². The molecule has 20 heavy (non-hydrogen) atoms. The molecule has 0 saturated heterocycles. The van der Waals surface area contributed by atoms with Gasteiger partial charge in [0.25, 0.3) is 0 Å². The van der Waals surface area contributed by atoms with Crippen LogP contribution in [-0.2, 0) is 0 Å². The zero-order valence-corrected chi connectivity index (χ0v) is 12.6. The number of carbonyl (C=O) groups excluding carboxylic acids is 1. The van der Waals surface area contributed by atoms with Crippen molar-refractivity contribution in [2.45, 2.75) is 31.7 Å². The van der Waals surface area contributed by atoms with Crippen molar-refractivity contribution in [3.05, 3.63) is 28.2 Å². The van der Waals surface area contributed by atoms with E-state index in [1.807, 2.05) is 0 Å². The van der Waals surface area contributed by atoms with Gasteiger partial charge in [0.15, 0.2) is 0 Å². The first-order valence-corrected chi connectivity index (χ1v) is 7.51. The number of rotatable bonds is 5. The predicted octanol–water partition coefficient (Wildman–Crippen LogP) is 3.76. The van der Waals surface area contributed by atoms with Crippen molar-refractivity contribution in [3.63, 3.8) is 0 Å². The molecule has 1 aromatic carbocycles. The van der Waals surface area contributed by atoms with E-state index in [0.29, 0.717) is 28.7 Å². The molecule has 2 amide bonds. The van der Waals surface area contributed by atoms with E-state index in [9.17, 15) is 4.79 Å². The van der Waals surface area contributed by atoms with Crippen LogP contribution >= 0.6 is 23.2 Å². The normalized spacial score (nSPS) is 14.8. The van der Waals surface area contributed by atoms with E-state index in [1.54, 1.807) is 23.1 Å². The van der Waals surface area contributed by atoms with E-state index in [-0.39, 0.29) is 18.7 Å². The second kappa shape index (κ2) is 7.16. The van der Waals surface area contributed by atoms with E-state index >= 15 is 0 Å². The van der Waals surface area contributed by atoms with Gasteiger partial charge in [-0.05, 0) is 43.9 Å². The topological polar surface area (TPSA) is 52.6 Å². The summed E-state index contributed by atoms with van der Waals surface area (Å²) in [7, 11) is 0. The van der Waals surface area contributed by atoms with Crippen LogP contribution in [0.15, 0.2) is 18.2 Å². The van der Waals surface area contributed by atoms with Crippen LogP contribution in [0.5, 0.6) is 0 Å². The number of hydrogen-bond donors (Lipinski definition) is 2. The fourth-order valence-corrected chi connectivity index (χ4v) is 2.46. The molecule has 0 aliphatic heterocycles. The minimum Gasteiger partial charge on any atom is -0.396 e. The van der Waals surface area contributed by atoms with E-state index < -0.39 is 0 Å². The van der Waals surface area contributed by atoms with Gasteiger partial charge in [-0.25, -0.2) is 4.79 Å². The van der Waals surface area contributed by atoms with Gasteiger partial charge in [0, 0.05) is 24.9 Å². The van der Waals surface area contributed by atoms with Crippen molar-refractivity contribution in [1.29, 1.82) is 0 Å². The number of nitrogens with one attached hydrogen (secondary N) is 1. The number of anilines is 1. The predicted molar refractivity (Wildman–Crippen MR) is 81.5 cm³/mol. The molecule has 0 spiro atoms. The number of aliphatic hydroxyl groups is 1. The van der Waals surface area contributed by atoms with E-state index in [2.05, 4.69) is 5.32 Å². The van der Waals surface area contributed by atoms with Gasteiger partial charge in [-0.1, -0.05) is 23.2 Å². The number of aliphatic hydroxyl groups excluding tert-OH is 1. The second-order valence-corrected chi connectivity index (χ2v) is 5.73. The third kappa shape index (κ3) is 3.78. The van der Waals surface area contributed by atoms with E-state index in [4.69, 9.17) is 28.3 Å². The average Bonchev–Trinajstić information content (AvgIpc) is 2.36. The van der Waals surface area contributed by atoms with E-state index in [0.717, 1.165) is 19.3 Å². The molecule has 0 bridgehead atoms. The molecule has 1 aliphatic carbocycles. The van der Waals surface area contributed by atoms with Crippen molar-refractivity contribution in [1.82, 2.24) is 4.90 Å². The Bertz CT molecular complexity index is 478. The molecule has 2 N–H and O–H groups in total. The van der Waals surface area contributed by atoms with Crippen LogP contribution < -0.4 is 5.32 Å².